The largest absolute Gasteiger partial charge is 0.418 e. The molecule has 1 saturated heterocycles. The number of quaternary nitrogens is 1. The zero-order chi connectivity index (χ0) is 21.7. The summed E-state index contributed by atoms with van der Waals surface area (Å²) in [5.41, 5.74) is 1.00. The number of nitrogens with zero attached hydrogens (tertiary/aromatic N) is 1. The molecule has 0 bridgehead atoms. The van der Waals surface area contributed by atoms with Gasteiger partial charge in [0.2, 0.25) is 5.91 Å². The van der Waals surface area contributed by atoms with Crippen molar-refractivity contribution in [2.24, 2.45) is 0 Å². The maximum absolute atomic E-state index is 13.1. The molecule has 0 spiro atoms. The lowest BCUT2D eigenvalue weighted by Crippen LogP contribution is -3.15. The summed E-state index contributed by atoms with van der Waals surface area (Å²) in [4.78, 5) is 27.5. The van der Waals surface area contributed by atoms with Crippen LogP contribution in [0.5, 0.6) is 0 Å². The SMILES string of the molecule is Cc1ccc(CC(=O)N2CC[NH+](CC(=O)Nc3ccccc3C(F)(F)F)CC2)cc1. The Bertz CT molecular complexity index is 889. The molecule has 30 heavy (non-hydrogen) atoms. The highest BCUT2D eigenvalue weighted by atomic mass is 19.4. The van der Waals surface area contributed by atoms with Crippen molar-refractivity contribution in [3.63, 3.8) is 0 Å². The second-order valence-electron chi connectivity index (χ2n) is 7.56. The molecule has 3 rings (SSSR count). The monoisotopic (exact) mass is 420 g/mol. The number of carbonyl (C=O) groups is 2. The van der Waals surface area contributed by atoms with Gasteiger partial charge < -0.3 is 15.1 Å². The highest BCUT2D eigenvalue weighted by Crippen LogP contribution is 2.34. The van der Waals surface area contributed by atoms with E-state index in [1.54, 1.807) is 4.90 Å². The van der Waals surface area contributed by atoms with E-state index >= 15 is 0 Å². The fourth-order valence-electron chi connectivity index (χ4n) is 3.50. The molecule has 2 amide bonds. The lowest BCUT2D eigenvalue weighted by atomic mass is 10.1. The minimum atomic E-state index is -4.53. The van der Waals surface area contributed by atoms with Gasteiger partial charge in [-0.25, -0.2) is 0 Å². The highest BCUT2D eigenvalue weighted by Gasteiger charge is 2.34. The van der Waals surface area contributed by atoms with Crippen molar-refractivity contribution in [2.45, 2.75) is 19.5 Å². The number of alkyl halides is 3. The number of hydrogen-bond acceptors (Lipinski definition) is 2. The summed E-state index contributed by atoms with van der Waals surface area (Å²) in [6.07, 6.45) is -4.19. The third kappa shape index (κ3) is 5.82. The van der Waals surface area contributed by atoms with Crippen molar-refractivity contribution >= 4 is 17.5 Å². The molecule has 5 nitrogen and oxygen atoms in total. The minimum absolute atomic E-state index is 0.0430. The van der Waals surface area contributed by atoms with Crippen molar-refractivity contribution < 1.29 is 27.7 Å². The molecule has 1 aliphatic heterocycles. The maximum Gasteiger partial charge on any atom is 0.418 e. The molecule has 2 aromatic carbocycles. The lowest BCUT2D eigenvalue weighted by molar-refractivity contribution is -0.895. The summed E-state index contributed by atoms with van der Waals surface area (Å²) >= 11 is 0. The summed E-state index contributed by atoms with van der Waals surface area (Å²) < 4.78 is 39.2. The second-order valence-corrected chi connectivity index (χ2v) is 7.56. The van der Waals surface area contributed by atoms with Gasteiger partial charge in [-0.1, -0.05) is 42.0 Å². The molecule has 2 N–H and O–H groups in total. The maximum atomic E-state index is 13.1. The van der Waals surface area contributed by atoms with Crippen LogP contribution < -0.4 is 10.2 Å². The van der Waals surface area contributed by atoms with Gasteiger partial charge in [-0.15, -0.1) is 0 Å². The quantitative estimate of drug-likeness (QED) is 0.777. The van der Waals surface area contributed by atoms with Gasteiger partial charge in [-0.05, 0) is 24.6 Å². The molecule has 8 heteroatoms. The Balaban J connectivity index is 1.48. The minimum Gasteiger partial charge on any atom is -0.331 e. The van der Waals surface area contributed by atoms with E-state index < -0.39 is 17.6 Å². The Morgan fingerprint density at radius 2 is 1.67 bits per heavy atom. The van der Waals surface area contributed by atoms with Crippen LogP contribution in [0.25, 0.3) is 0 Å². The molecule has 2 aromatic rings. The van der Waals surface area contributed by atoms with Crippen molar-refractivity contribution in [2.75, 3.05) is 38.0 Å². The van der Waals surface area contributed by atoms with Crippen LogP contribution in [0.2, 0.25) is 0 Å². The summed E-state index contributed by atoms with van der Waals surface area (Å²) in [7, 11) is 0. The topological polar surface area (TPSA) is 53.9 Å². The van der Waals surface area contributed by atoms with Crippen molar-refractivity contribution in [3.8, 4) is 0 Å². The number of amides is 2. The molecule has 0 unspecified atom stereocenters. The number of benzene rings is 2. The number of rotatable bonds is 5. The number of hydrogen-bond donors (Lipinski definition) is 2. The van der Waals surface area contributed by atoms with Crippen LogP contribution in [0.4, 0.5) is 18.9 Å². The van der Waals surface area contributed by atoms with Crippen LogP contribution in [0.3, 0.4) is 0 Å². The van der Waals surface area contributed by atoms with Gasteiger partial charge in [0.1, 0.15) is 0 Å². The Labute approximate surface area is 173 Å². The van der Waals surface area contributed by atoms with Gasteiger partial charge in [0, 0.05) is 0 Å². The average Bonchev–Trinajstić information content (AvgIpc) is 2.70. The first-order chi connectivity index (χ1) is 14.2. The molecule has 0 aliphatic carbocycles. The van der Waals surface area contributed by atoms with E-state index in [0.29, 0.717) is 32.6 Å². The second kappa shape index (κ2) is 9.30. The van der Waals surface area contributed by atoms with Gasteiger partial charge >= 0.3 is 6.18 Å². The predicted octanol–water partition coefficient (Wildman–Crippen LogP) is 1.92. The Hall–Kier alpha value is -2.87. The Kier molecular flexibility index (Phi) is 6.77. The van der Waals surface area contributed by atoms with E-state index in [0.717, 1.165) is 22.1 Å². The third-order valence-electron chi connectivity index (χ3n) is 5.22. The normalized spacial score (nSPS) is 15.1. The zero-order valence-corrected chi connectivity index (χ0v) is 16.8. The van der Waals surface area contributed by atoms with E-state index in [-0.39, 0.29) is 18.1 Å². The molecule has 0 radical (unpaired) electrons. The summed E-state index contributed by atoms with van der Waals surface area (Å²) in [5, 5.41) is 2.38. The van der Waals surface area contributed by atoms with Crippen molar-refractivity contribution in [1.29, 1.82) is 0 Å². The first kappa shape index (κ1) is 21.8. The number of piperazine rings is 1. The van der Waals surface area contributed by atoms with Gasteiger partial charge in [0.05, 0.1) is 43.9 Å². The summed E-state index contributed by atoms with van der Waals surface area (Å²) in [6, 6.07) is 12.8. The van der Waals surface area contributed by atoms with Crippen LogP contribution in [-0.4, -0.2) is 49.4 Å². The van der Waals surface area contributed by atoms with Crippen molar-refractivity contribution in [3.05, 3.63) is 65.2 Å². The van der Waals surface area contributed by atoms with E-state index in [1.165, 1.54) is 18.2 Å². The first-order valence-corrected chi connectivity index (χ1v) is 9.85. The van der Waals surface area contributed by atoms with Crippen LogP contribution in [-0.2, 0) is 22.2 Å². The van der Waals surface area contributed by atoms with Crippen LogP contribution in [0, 0.1) is 6.92 Å². The fraction of sp³-hybridized carbons (Fsp3) is 0.364. The third-order valence-corrected chi connectivity index (χ3v) is 5.22. The predicted molar refractivity (Wildman–Crippen MR) is 107 cm³/mol. The zero-order valence-electron chi connectivity index (χ0n) is 16.8. The Morgan fingerprint density at radius 3 is 2.30 bits per heavy atom. The van der Waals surface area contributed by atoms with Gasteiger partial charge in [-0.3, -0.25) is 9.59 Å². The molecule has 1 heterocycles. The summed E-state index contributed by atoms with van der Waals surface area (Å²) in [6.45, 7) is 4.25. The number of aryl methyl sites for hydroxylation is 1. The van der Waals surface area contributed by atoms with Crippen LogP contribution in [0.15, 0.2) is 48.5 Å². The number of nitrogens with one attached hydrogen (secondary N) is 2. The van der Waals surface area contributed by atoms with E-state index in [1.807, 2.05) is 31.2 Å². The molecular formula is C22H25F3N3O2+. The summed E-state index contributed by atoms with van der Waals surface area (Å²) in [5.74, 6) is -0.428. The molecule has 0 atom stereocenters. The van der Waals surface area contributed by atoms with Gasteiger partial charge in [0.15, 0.2) is 6.54 Å². The molecule has 160 valence electrons. The molecule has 0 saturated carbocycles. The Morgan fingerprint density at radius 1 is 1.03 bits per heavy atom. The highest BCUT2D eigenvalue weighted by molar-refractivity contribution is 5.92. The number of para-hydroxylation sites is 1. The van der Waals surface area contributed by atoms with E-state index in [4.69, 9.17) is 0 Å². The number of anilines is 1. The fourth-order valence-corrected chi connectivity index (χ4v) is 3.50. The van der Waals surface area contributed by atoms with E-state index in [9.17, 15) is 22.8 Å². The van der Waals surface area contributed by atoms with Gasteiger partial charge in [0.25, 0.3) is 5.91 Å². The van der Waals surface area contributed by atoms with Crippen LogP contribution >= 0.6 is 0 Å². The molecule has 1 fully saturated rings. The molecular weight excluding hydrogens is 395 g/mol. The first-order valence-electron chi connectivity index (χ1n) is 9.85. The molecule has 1 aliphatic rings. The lowest BCUT2D eigenvalue weighted by Gasteiger charge is -2.32. The standard InChI is InChI=1S/C22H24F3N3O2/c1-16-6-8-17(9-7-16)14-21(30)28-12-10-27(11-13-28)15-20(29)26-19-5-3-2-4-18(19)22(23,24)25/h2-9H,10-15H2,1H3,(H,26,29)/p+1. The average molecular weight is 420 g/mol. The van der Waals surface area contributed by atoms with Crippen LogP contribution in [0.1, 0.15) is 16.7 Å². The number of halogens is 3. The van der Waals surface area contributed by atoms with E-state index in [2.05, 4.69) is 5.32 Å². The molecule has 0 aromatic heterocycles. The smallest absolute Gasteiger partial charge is 0.331 e. The number of carbonyl (C=O) groups excluding carboxylic acids is 2. The van der Waals surface area contributed by atoms with Gasteiger partial charge in [-0.2, -0.15) is 13.2 Å². The van der Waals surface area contributed by atoms with Crippen molar-refractivity contribution in [1.82, 2.24) is 4.90 Å².